The maximum atomic E-state index is 13.5. The Morgan fingerprint density at radius 2 is 1.45 bits per heavy atom. The average Bonchev–Trinajstić information content (AvgIpc) is 3.13. The fraction of sp³-hybridized carbons (Fsp3) is 0.280. The van der Waals surface area contributed by atoms with E-state index in [1.54, 1.807) is 0 Å². The quantitative estimate of drug-likeness (QED) is 0.157. The first kappa shape index (κ1) is 28.8. The number of hydrogen-bond acceptors (Lipinski definition) is 11. The molecular weight excluding hydrogens is 531 g/mol. The molecule has 2 aliphatic heterocycles. The second-order valence-electron chi connectivity index (χ2n) is 8.73. The summed E-state index contributed by atoms with van der Waals surface area (Å²) in [4.78, 5) is -0.395. The van der Waals surface area contributed by atoms with Crippen LogP contribution in [0.2, 0.25) is 0 Å². The zero-order valence-electron chi connectivity index (χ0n) is 20.0. The summed E-state index contributed by atoms with van der Waals surface area (Å²) in [5, 5.41) is 61.7. The van der Waals surface area contributed by atoms with Crippen molar-refractivity contribution in [2.75, 3.05) is 6.61 Å². The van der Waals surface area contributed by atoms with E-state index in [9.17, 15) is 39.1 Å². The van der Waals surface area contributed by atoms with Crippen LogP contribution in [0.15, 0.2) is 71.6 Å². The van der Waals surface area contributed by atoms with Crippen LogP contribution in [0.1, 0.15) is 16.7 Å². The molecule has 0 spiro atoms. The van der Waals surface area contributed by atoms with Gasteiger partial charge in [-0.25, -0.2) is 4.18 Å². The molecule has 0 aromatic heterocycles. The van der Waals surface area contributed by atoms with Crippen LogP contribution in [-0.4, -0.2) is 71.3 Å². The minimum atomic E-state index is -4.54. The van der Waals surface area contributed by atoms with Gasteiger partial charge < -0.3 is 40.1 Å². The number of hydrogen-bond donors (Lipinski definition) is 5. The molecule has 2 aliphatic rings. The van der Waals surface area contributed by atoms with E-state index < -0.39 is 57.9 Å². The van der Waals surface area contributed by atoms with Gasteiger partial charge in [-0.05, 0) is 47.6 Å². The third-order valence-electron chi connectivity index (χ3n) is 6.46. The van der Waals surface area contributed by atoms with E-state index >= 15 is 0 Å². The van der Waals surface area contributed by atoms with Crippen molar-refractivity contribution in [3.8, 4) is 17.2 Å². The van der Waals surface area contributed by atoms with Gasteiger partial charge in [-0.2, -0.15) is 8.42 Å². The molecule has 5 rings (SSSR count). The molecule has 0 amide bonds. The largest absolute Gasteiger partial charge is 1.00 e. The number of phenolic OH excluding ortho intramolecular Hbond substituents is 2. The fourth-order valence-electron chi connectivity index (χ4n) is 4.64. The number of benzene rings is 3. The van der Waals surface area contributed by atoms with E-state index in [0.717, 1.165) is 0 Å². The Kier molecular flexibility index (Phi) is 8.13. The summed E-state index contributed by atoms with van der Waals surface area (Å²) >= 11 is 0. The predicted octanol–water partition coefficient (Wildman–Crippen LogP) is -3.34. The van der Waals surface area contributed by atoms with Crippen LogP contribution < -0.4 is 39.4 Å². The summed E-state index contributed by atoms with van der Waals surface area (Å²) in [5.74, 6) is -0.418. The van der Waals surface area contributed by atoms with Gasteiger partial charge in [0.25, 0.3) is 0 Å². The van der Waals surface area contributed by atoms with Crippen molar-refractivity contribution >= 4 is 10.1 Å². The van der Waals surface area contributed by atoms with Gasteiger partial charge in [0.1, 0.15) is 34.4 Å². The van der Waals surface area contributed by atoms with Gasteiger partial charge in [0.05, 0.1) is 12.7 Å². The monoisotopic (exact) mass is 554 g/mol. The summed E-state index contributed by atoms with van der Waals surface area (Å²) in [7, 11) is -4.54. The third kappa shape index (κ3) is 4.71. The molecule has 1 saturated heterocycles. The molecule has 11 nitrogen and oxygen atoms in total. The summed E-state index contributed by atoms with van der Waals surface area (Å²) in [5.41, 5.74) is -0.948. The fourth-order valence-corrected chi connectivity index (χ4v) is 6.18. The topological polar surface area (TPSA) is 186 Å². The number of aliphatic hydroxyl groups excluding tert-OH is 3. The number of ether oxygens (including phenoxy) is 2. The van der Waals surface area contributed by atoms with Gasteiger partial charge in [0, 0.05) is 5.56 Å². The van der Waals surface area contributed by atoms with Crippen LogP contribution in [0.5, 0.6) is 17.2 Å². The number of rotatable bonds is 5. The second kappa shape index (κ2) is 10.7. The summed E-state index contributed by atoms with van der Waals surface area (Å²) in [6.45, 7) is -0.718. The van der Waals surface area contributed by atoms with Crippen molar-refractivity contribution in [2.45, 2.75) is 41.2 Å². The Morgan fingerprint density at radius 3 is 1.97 bits per heavy atom. The van der Waals surface area contributed by atoms with Gasteiger partial charge >= 0.3 is 39.7 Å². The van der Waals surface area contributed by atoms with E-state index in [-0.39, 0.29) is 52.4 Å². The van der Waals surface area contributed by atoms with Crippen LogP contribution in [0, 0.1) is 0 Å². The molecule has 13 heteroatoms. The van der Waals surface area contributed by atoms with E-state index in [0.29, 0.717) is 11.1 Å². The van der Waals surface area contributed by atoms with Gasteiger partial charge in [-0.15, -0.1) is 0 Å². The van der Waals surface area contributed by atoms with Gasteiger partial charge in [0.15, 0.2) is 11.9 Å². The first-order valence-electron chi connectivity index (χ1n) is 11.2. The van der Waals surface area contributed by atoms with Crippen LogP contribution in [0.4, 0.5) is 0 Å². The van der Waals surface area contributed by atoms with Gasteiger partial charge in [0.2, 0.25) is 0 Å². The molecule has 5 N–H and O–H groups in total. The van der Waals surface area contributed by atoms with Crippen molar-refractivity contribution in [2.24, 2.45) is 0 Å². The first-order valence-corrected chi connectivity index (χ1v) is 12.6. The second-order valence-corrected chi connectivity index (χ2v) is 10.2. The zero-order valence-corrected chi connectivity index (χ0v) is 22.9. The first-order chi connectivity index (χ1) is 17.6. The normalized spacial score (nSPS) is 27.2. The van der Waals surface area contributed by atoms with E-state index in [1.165, 1.54) is 66.7 Å². The summed E-state index contributed by atoms with van der Waals surface area (Å²) in [6.07, 6.45) is -8.58. The zero-order chi connectivity index (χ0) is 26.5. The molecule has 1 fully saturated rings. The third-order valence-corrected chi connectivity index (χ3v) is 7.85. The van der Waals surface area contributed by atoms with E-state index in [4.69, 9.17) is 13.7 Å². The van der Waals surface area contributed by atoms with Gasteiger partial charge in [-0.3, -0.25) is 0 Å². The standard InChI is InChI=1S/C25H23O11S.Na/c26-12-19-20(29)21(30)22(31)24(35-19)34-18-3-1-2-17-23(18)37(32,33)36-25(17,13-4-8-15(27)9-5-13)14-6-10-16(28)11-7-14;/h1-11,19-22,24,26-30H,12H2;/q-1;+1/t19-,20+,21+,22-,24-;/m1./s1. The van der Waals surface area contributed by atoms with E-state index in [2.05, 4.69) is 0 Å². The van der Waals surface area contributed by atoms with Crippen LogP contribution >= 0.6 is 0 Å². The van der Waals surface area contributed by atoms with E-state index in [1.807, 2.05) is 0 Å². The van der Waals surface area contributed by atoms with Crippen LogP contribution in [-0.2, 0) is 24.6 Å². The Morgan fingerprint density at radius 1 is 0.895 bits per heavy atom. The average molecular weight is 555 g/mol. The molecule has 2 heterocycles. The van der Waals surface area contributed by atoms with Crippen molar-refractivity contribution < 1.29 is 82.3 Å². The molecule has 0 bridgehead atoms. The molecule has 3 aromatic rings. The molecule has 0 unspecified atom stereocenters. The Balaban J connectivity index is 0.00000336. The molecular formula is C25H23NaO11S. The molecule has 38 heavy (non-hydrogen) atoms. The molecule has 0 aliphatic carbocycles. The molecule has 5 atom stereocenters. The Bertz CT molecular complexity index is 1350. The molecule has 0 saturated carbocycles. The smallest absolute Gasteiger partial charge is 0.846 e. The van der Waals surface area contributed by atoms with Crippen LogP contribution in [0.25, 0.3) is 0 Å². The molecule has 196 valence electrons. The number of aromatic hydroxyl groups is 2. The number of fused-ring (bicyclic) bond motifs is 1. The number of aliphatic hydroxyl groups is 3. The number of phenols is 2. The maximum absolute atomic E-state index is 13.5. The predicted molar refractivity (Wildman–Crippen MR) is 123 cm³/mol. The van der Waals surface area contributed by atoms with Crippen molar-refractivity contribution in [3.05, 3.63) is 83.4 Å². The van der Waals surface area contributed by atoms with Crippen molar-refractivity contribution in [1.29, 1.82) is 0 Å². The molecule has 0 radical (unpaired) electrons. The maximum Gasteiger partial charge on any atom is 1.00 e. The molecule has 3 aromatic carbocycles. The summed E-state index contributed by atoms with van der Waals surface area (Å²) < 4.78 is 43.7. The minimum absolute atomic E-state index is 0. The Hall–Kier alpha value is -2.23. The van der Waals surface area contributed by atoms with Crippen molar-refractivity contribution in [1.82, 2.24) is 0 Å². The summed E-state index contributed by atoms with van der Waals surface area (Å²) in [6, 6.07) is 15.7. The van der Waals surface area contributed by atoms with Gasteiger partial charge in [-0.1, -0.05) is 36.4 Å². The van der Waals surface area contributed by atoms with Crippen molar-refractivity contribution in [3.63, 3.8) is 0 Å². The Labute approximate surface area is 239 Å². The van der Waals surface area contributed by atoms with Crippen LogP contribution in [0.3, 0.4) is 0 Å². The SMILES string of the molecule is O=S1(=O)OC(c2ccc(O)cc2)(c2ccc(O)cc2)c2cccc(O[C@@H]3O[C@H](CO)[C@H](O)[C@H](O)[C@H]3[O-])c21.[Na+]. The minimum Gasteiger partial charge on any atom is -0.846 e.